The van der Waals surface area contributed by atoms with E-state index in [0.29, 0.717) is 25.8 Å². The normalized spacial score (nSPS) is 21.5. The van der Waals surface area contributed by atoms with Gasteiger partial charge in [0, 0.05) is 85.6 Å². The minimum absolute atomic E-state index is 0.00214. The van der Waals surface area contributed by atoms with E-state index in [1.54, 1.807) is 14.2 Å². The number of nitrogens with zero attached hydrogens (tertiary/aromatic N) is 6. The summed E-state index contributed by atoms with van der Waals surface area (Å²) in [7, 11) is 5.63. The highest BCUT2D eigenvalue weighted by molar-refractivity contribution is 7.10. The molecule has 1 aromatic carbocycles. The smallest absolute Gasteiger partial charge is 0.324 e. The van der Waals surface area contributed by atoms with Gasteiger partial charge in [-0.3, -0.25) is 24.4 Å². The van der Waals surface area contributed by atoms with Crippen molar-refractivity contribution in [3.63, 3.8) is 0 Å². The first-order valence-electron chi connectivity index (χ1n) is 21.5. The van der Waals surface area contributed by atoms with Gasteiger partial charge in [-0.1, -0.05) is 33.8 Å². The lowest BCUT2D eigenvalue weighted by Gasteiger charge is -2.36. The van der Waals surface area contributed by atoms with Crippen molar-refractivity contribution in [1.29, 1.82) is 0 Å². The molecule has 0 radical (unpaired) electrons. The lowest BCUT2D eigenvalue weighted by atomic mass is 9.84. The lowest BCUT2D eigenvalue weighted by molar-refractivity contribution is -0.155. The predicted octanol–water partition coefficient (Wildman–Crippen LogP) is 5.20. The van der Waals surface area contributed by atoms with E-state index in [4.69, 9.17) is 19.4 Å². The second kappa shape index (κ2) is 18.3. The molecule has 2 amide bonds. The third kappa shape index (κ3) is 9.10. The van der Waals surface area contributed by atoms with Crippen LogP contribution in [-0.4, -0.2) is 121 Å². The molecule has 3 aliphatic heterocycles. The molecule has 3 aliphatic rings. The number of amides is 2. The molecule has 2 saturated heterocycles. The number of hydrogen-bond acceptors (Lipinski definition) is 12. The fourth-order valence-corrected chi connectivity index (χ4v) is 9.72. The Balaban J connectivity index is 1.37. The summed E-state index contributed by atoms with van der Waals surface area (Å²) in [6, 6.07) is 6.72. The third-order valence-corrected chi connectivity index (χ3v) is 13.2. The van der Waals surface area contributed by atoms with Crippen LogP contribution >= 0.6 is 11.3 Å². The number of aromatic nitrogens is 3. The predicted molar refractivity (Wildman–Crippen MR) is 237 cm³/mol. The third-order valence-electron chi connectivity index (χ3n) is 12.3. The van der Waals surface area contributed by atoms with Gasteiger partial charge in [0.25, 0.3) is 5.91 Å². The molecule has 14 nitrogen and oxygen atoms in total. The summed E-state index contributed by atoms with van der Waals surface area (Å²) < 4.78 is 14.5. The number of carbonyl (C=O) groups is 3. The first-order chi connectivity index (χ1) is 28.7. The number of anilines is 1. The maximum absolute atomic E-state index is 14.3. The van der Waals surface area contributed by atoms with Crippen LogP contribution in [-0.2, 0) is 43.2 Å². The number of benzene rings is 1. The number of aryl methyl sites for hydroxylation is 1. The van der Waals surface area contributed by atoms with Gasteiger partial charge in [-0.2, -0.15) is 0 Å². The number of carbonyl (C=O) groups excluding carboxylic acids is 3. The van der Waals surface area contributed by atoms with Gasteiger partial charge >= 0.3 is 5.97 Å². The molecule has 324 valence electrons. The number of rotatable bonds is 9. The molecule has 3 aromatic heterocycles. The number of piperazine rings is 1. The van der Waals surface area contributed by atoms with Gasteiger partial charge in [-0.25, -0.2) is 10.4 Å². The van der Waals surface area contributed by atoms with E-state index >= 15 is 0 Å². The van der Waals surface area contributed by atoms with Gasteiger partial charge in [0.2, 0.25) is 5.91 Å². The Morgan fingerprint density at radius 1 is 1.12 bits per heavy atom. The van der Waals surface area contributed by atoms with Crippen molar-refractivity contribution in [1.82, 2.24) is 40.5 Å². The number of hydrazine groups is 1. The van der Waals surface area contributed by atoms with Crippen molar-refractivity contribution in [2.45, 2.75) is 98.0 Å². The fourth-order valence-electron chi connectivity index (χ4n) is 8.87. The summed E-state index contributed by atoms with van der Waals surface area (Å²) >= 11 is 1.47. The van der Waals surface area contributed by atoms with E-state index < -0.39 is 29.5 Å². The van der Waals surface area contributed by atoms with E-state index in [-0.39, 0.29) is 36.9 Å². The van der Waals surface area contributed by atoms with Crippen LogP contribution in [0.5, 0.6) is 0 Å². The maximum Gasteiger partial charge on any atom is 0.324 e. The van der Waals surface area contributed by atoms with Gasteiger partial charge in [-0.15, -0.1) is 11.3 Å². The van der Waals surface area contributed by atoms with Crippen LogP contribution in [0.25, 0.3) is 33.4 Å². The number of fused-ring (bicyclic) bond motifs is 6. The summed E-state index contributed by atoms with van der Waals surface area (Å²) in [6.45, 7) is 17.5. The van der Waals surface area contributed by atoms with Gasteiger partial charge < -0.3 is 34.5 Å². The van der Waals surface area contributed by atoms with Crippen molar-refractivity contribution in [3.8, 4) is 22.5 Å². The second-order valence-corrected chi connectivity index (χ2v) is 18.7. The number of likely N-dealkylation sites (N-methyl/N-ethyl adjacent to an activating group) is 2. The van der Waals surface area contributed by atoms with Crippen molar-refractivity contribution < 1.29 is 23.9 Å². The van der Waals surface area contributed by atoms with Crippen molar-refractivity contribution >= 4 is 45.7 Å². The van der Waals surface area contributed by atoms with Gasteiger partial charge in [-0.05, 0) is 76.9 Å². The molecule has 15 heteroatoms. The minimum Gasteiger partial charge on any atom is -0.464 e. The number of hydrogen-bond donors (Lipinski definition) is 3. The fraction of sp³-hybridized carbons (Fsp3) is 0.578. The quantitative estimate of drug-likeness (QED) is 0.191. The van der Waals surface area contributed by atoms with E-state index in [1.165, 1.54) is 16.3 Å². The molecule has 0 saturated carbocycles. The van der Waals surface area contributed by atoms with Crippen LogP contribution in [0, 0.1) is 11.3 Å². The molecule has 3 N–H and O–H groups in total. The highest BCUT2D eigenvalue weighted by Gasteiger charge is 2.37. The minimum atomic E-state index is -0.902. The van der Waals surface area contributed by atoms with Crippen molar-refractivity contribution in [3.05, 3.63) is 52.1 Å². The Hall–Kier alpha value is -4.41. The average molecular weight is 842 g/mol. The molecule has 0 unspecified atom stereocenters. The average Bonchev–Trinajstić information content (AvgIpc) is 3.83. The molecule has 0 aliphatic carbocycles. The Labute approximate surface area is 358 Å². The van der Waals surface area contributed by atoms with Crippen LogP contribution in [0.2, 0.25) is 0 Å². The molecule has 60 heavy (non-hydrogen) atoms. The number of thiazole rings is 1. The molecular formula is C45H63N9O5S. The number of ether oxygens (including phenoxy) is 2. The summed E-state index contributed by atoms with van der Waals surface area (Å²) in [5, 5.41) is 11.5. The number of pyridine rings is 1. The van der Waals surface area contributed by atoms with Crippen LogP contribution in [0.3, 0.4) is 0 Å². The van der Waals surface area contributed by atoms with E-state index in [1.807, 2.05) is 32.3 Å². The first kappa shape index (κ1) is 43.7. The molecule has 0 spiro atoms. The molecule has 4 atom stereocenters. The van der Waals surface area contributed by atoms with Crippen LogP contribution in [0.15, 0.2) is 35.8 Å². The zero-order chi connectivity index (χ0) is 42.9. The topological polar surface area (TPSA) is 146 Å². The zero-order valence-electron chi connectivity index (χ0n) is 36.8. The summed E-state index contributed by atoms with van der Waals surface area (Å²) in [5.74, 6) is -0.977. The van der Waals surface area contributed by atoms with Gasteiger partial charge in [0.1, 0.15) is 12.1 Å². The number of nitrogens with one attached hydrogen (secondary N) is 3. The highest BCUT2D eigenvalue weighted by Crippen LogP contribution is 2.43. The van der Waals surface area contributed by atoms with E-state index in [9.17, 15) is 14.4 Å². The number of esters is 1. The molecule has 6 heterocycles. The van der Waals surface area contributed by atoms with Crippen LogP contribution in [0.1, 0.15) is 76.8 Å². The summed E-state index contributed by atoms with van der Waals surface area (Å²) in [5.41, 5.74) is 10.8. The molecule has 6 bridgehead atoms. The first-order valence-corrected chi connectivity index (χ1v) is 22.4. The zero-order valence-corrected chi connectivity index (χ0v) is 37.6. The number of methoxy groups -OCH3 is 1. The van der Waals surface area contributed by atoms with Gasteiger partial charge in [0.05, 0.1) is 52.7 Å². The Morgan fingerprint density at radius 3 is 2.58 bits per heavy atom. The van der Waals surface area contributed by atoms with Crippen molar-refractivity contribution in [2.75, 3.05) is 65.4 Å². The van der Waals surface area contributed by atoms with E-state index in [2.05, 4.69) is 82.5 Å². The molecular weight excluding hydrogens is 779 g/mol. The van der Waals surface area contributed by atoms with Gasteiger partial charge in [0.15, 0.2) is 0 Å². The monoisotopic (exact) mass is 841 g/mol. The van der Waals surface area contributed by atoms with Crippen molar-refractivity contribution in [2.24, 2.45) is 11.3 Å². The number of cyclic esters (lactones) is 1. The molecule has 4 aromatic rings. The Kier molecular flexibility index (Phi) is 13.3. The summed E-state index contributed by atoms with van der Waals surface area (Å²) in [4.78, 5) is 56.7. The van der Waals surface area contributed by atoms with Crippen LogP contribution in [0.4, 0.5) is 5.69 Å². The largest absolute Gasteiger partial charge is 0.464 e. The second-order valence-electron chi connectivity index (χ2n) is 17.8. The summed E-state index contributed by atoms with van der Waals surface area (Å²) in [6.07, 6.45) is 3.68. The maximum atomic E-state index is 14.3. The molecule has 7 rings (SSSR count). The Morgan fingerprint density at radius 2 is 1.88 bits per heavy atom. The standard InChI is InChI=1S/C45H63N9O5S/c1-10-53-37-14-13-29-20-31(37)33(41(53)32-21-30(24-47-40(32)28(4)58-9)52-18-16-51(8)17-19-52)23-45(5,6)26-59-44(57)34-12-11-15-54(50-34)43(56)35(22-38-48-36(29)25-60-38)49-42(55)39(46-7)27(2)3/h13-14,20-21,24-25,27-28,34-35,39,46,50H,10-12,15-19,22-23,26H2,1-9H3,(H,49,55)/t28-,34-,35-,39-/m0/s1. The van der Waals surface area contributed by atoms with Crippen LogP contribution < -0.4 is 21.0 Å². The SMILES string of the molecule is CCn1c(-c2cc(N3CCN(C)CC3)cnc2[C@H](C)OC)c2c3cc(ccc31)-c1csc(n1)C[C@H](NC(=O)[C@@H](NC)C(C)C)C(=O)N1CCC[C@H](N1)C(=O)OCC(C)(C)C2. The highest BCUT2D eigenvalue weighted by atomic mass is 32.1. The van der Waals surface area contributed by atoms with E-state index in [0.717, 1.165) is 88.1 Å². The Bertz CT molecular complexity index is 2190. The lowest BCUT2D eigenvalue weighted by Crippen LogP contribution is -2.61. The molecule has 2 fully saturated rings.